The van der Waals surface area contributed by atoms with Gasteiger partial charge in [-0.1, -0.05) is 48.7 Å². The number of ketones is 1. The Hall–Kier alpha value is -2.88. The van der Waals surface area contributed by atoms with Crippen LogP contribution in [-0.4, -0.2) is 31.1 Å². The number of allylic oxidation sites excluding steroid dienone is 3. The van der Waals surface area contributed by atoms with Crippen LogP contribution in [0.5, 0.6) is 0 Å². The van der Waals surface area contributed by atoms with Crippen molar-refractivity contribution in [3.05, 3.63) is 57.5 Å². The van der Waals surface area contributed by atoms with Crippen molar-refractivity contribution in [2.75, 3.05) is 18.0 Å². The maximum Gasteiger partial charge on any atom is 0.457 e. The number of nitroso groups, excluding NO2 is 1. The third kappa shape index (κ3) is 4.57. The zero-order valence-electron chi connectivity index (χ0n) is 24.2. The lowest BCUT2D eigenvalue weighted by Gasteiger charge is -2.55. The van der Waals surface area contributed by atoms with Gasteiger partial charge in [0.05, 0.1) is 5.41 Å². The quantitative estimate of drug-likeness (QED) is 0.274. The predicted molar refractivity (Wildman–Crippen MR) is 154 cm³/mol. The first-order valence-corrected chi connectivity index (χ1v) is 15.2. The Bertz CT molecular complexity index is 1360. The molecule has 5 aliphatic rings. The molecule has 1 saturated heterocycles. The van der Waals surface area contributed by atoms with Gasteiger partial charge in [-0.05, 0) is 110 Å². The predicted octanol–water partition coefficient (Wildman–Crippen LogP) is 8.14. The average Bonchev–Trinajstić information content (AvgIpc) is 3.58. The minimum absolute atomic E-state index is 0.0231. The van der Waals surface area contributed by atoms with Crippen molar-refractivity contribution in [3.8, 4) is 11.8 Å². The highest BCUT2D eigenvalue weighted by molar-refractivity contribution is 5.87. The van der Waals surface area contributed by atoms with Crippen molar-refractivity contribution >= 4 is 11.5 Å². The number of benzene rings is 1. The van der Waals surface area contributed by atoms with Gasteiger partial charge in [0, 0.05) is 30.6 Å². The van der Waals surface area contributed by atoms with Crippen LogP contribution in [0.3, 0.4) is 0 Å². The number of carbonyl (C=O) groups is 1. The summed E-state index contributed by atoms with van der Waals surface area (Å²) in [6, 6.07) is 8.44. The van der Waals surface area contributed by atoms with E-state index in [1.807, 2.05) is 6.92 Å². The molecule has 7 heteroatoms. The summed E-state index contributed by atoms with van der Waals surface area (Å²) in [5, 5.41) is 3.35. The molecule has 1 aromatic carbocycles. The minimum atomic E-state index is -4.65. The summed E-state index contributed by atoms with van der Waals surface area (Å²) in [4.78, 5) is 27.2. The molecule has 0 radical (unpaired) electrons. The number of carbonyl (C=O) groups excluding carboxylic acids is 1. The van der Waals surface area contributed by atoms with Crippen LogP contribution in [-0.2, 0) is 4.79 Å². The van der Waals surface area contributed by atoms with Gasteiger partial charge in [-0.3, -0.25) is 4.79 Å². The van der Waals surface area contributed by atoms with E-state index in [4.69, 9.17) is 0 Å². The van der Waals surface area contributed by atoms with E-state index < -0.39 is 17.0 Å². The van der Waals surface area contributed by atoms with Gasteiger partial charge in [-0.25, -0.2) is 0 Å². The lowest BCUT2D eigenvalue weighted by molar-refractivity contribution is -0.130. The highest BCUT2D eigenvalue weighted by Crippen LogP contribution is 2.70. The van der Waals surface area contributed by atoms with Gasteiger partial charge in [0.2, 0.25) is 0 Å². The second-order valence-corrected chi connectivity index (χ2v) is 13.3. The fraction of sp³-hybridized carbons (Fsp3) is 0.618. The zero-order valence-corrected chi connectivity index (χ0v) is 24.2. The molecule has 41 heavy (non-hydrogen) atoms. The van der Waals surface area contributed by atoms with E-state index in [9.17, 15) is 22.9 Å². The Balaban J connectivity index is 1.51. The summed E-state index contributed by atoms with van der Waals surface area (Å²) < 4.78 is 40.3. The summed E-state index contributed by atoms with van der Waals surface area (Å²) in [7, 11) is 0. The van der Waals surface area contributed by atoms with E-state index in [1.54, 1.807) is 0 Å². The van der Waals surface area contributed by atoms with Crippen molar-refractivity contribution in [3.63, 3.8) is 0 Å². The Morgan fingerprint density at radius 3 is 2.46 bits per heavy atom. The molecular formula is C34H39F3N2O2. The van der Waals surface area contributed by atoms with Gasteiger partial charge in [-0.2, -0.15) is 18.1 Å². The summed E-state index contributed by atoms with van der Waals surface area (Å²) in [6.45, 7) is 7.78. The number of halogens is 3. The third-order valence-corrected chi connectivity index (χ3v) is 11.3. The van der Waals surface area contributed by atoms with Crippen LogP contribution in [0.15, 0.2) is 52.2 Å². The second kappa shape index (κ2) is 10.1. The molecule has 1 aromatic rings. The molecule has 2 saturated carbocycles. The number of Topliss-reactive ketones (excluding diaryl/α,β-unsaturated/α-hetero) is 1. The normalized spacial score (nSPS) is 36.5. The third-order valence-electron chi connectivity index (χ3n) is 11.3. The highest BCUT2D eigenvalue weighted by atomic mass is 19.4. The first-order chi connectivity index (χ1) is 19.5. The smallest absolute Gasteiger partial charge is 0.372 e. The van der Waals surface area contributed by atoms with Gasteiger partial charge in [0.25, 0.3) is 0 Å². The Morgan fingerprint density at radius 1 is 1.12 bits per heavy atom. The van der Waals surface area contributed by atoms with Crippen LogP contribution in [0, 0.1) is 45.3 Å². The van der Waals surface area contributed by atoms with Gasteiger partial charge in [0.15, 0.2) is 0 Å². The van der Waals surface area contributed by atoms with E-state index in [0.717, 1.165) is 31.5 Å². The molecular weight excluding hydrogens is 525 g/mol. The fourth-order valence-corrected chi connectivity index (χ4v) is 9.43. The van der Waals surface area contributed by atoms with Crippen LogP contribution in [0.2, 0.25) is 0 Å². The van der Waals surface area contributed by atoms with Gasteiger partial charge in [-0.15, -0.1) is 0 Å². The van der Waals surface area contributed by atoms with Crippen LogP contribution < -0.4 is 4.90 Å². The maximum absolute atomic E-state index is 13.4. The molecule has 0 N–H and O–H groups in total. The summed E-state index contributed by atoms with van der Waals surface area (Å²) in [6.07, 6.45) is 3.76. The van der Waals surface area contributed by atoms with Crippen molar-refractivity contribution in [1.82, 2.24) is 0 Å². The van der Waals surface area contributed by atoms with Crippen LogP contribution in [0.25, 0.3) is 0 Å². The molecule has 0 spiro atoms. The maximum atomic E-state index is 13.4. The van der Waals surface area contributed by atoms with E-state index >= 15 is 0 Å². The van der Waals surface area contributed by atoms with Crippen LogP contribution >= 0.6 is 0 Å². The number of hydrogen-bond acceptors (Lipinski definition) is 4. The minimum Gasteiger partial charge on any atom is -0.372 e. The fourth-order valence-electron chi connectivity index (χ4n) is 9.43. The lowest BCUT2D eigenvalue weighted by atomic mass is 9.47. The second-order valence-electron chi connectivity index (χ2n) is 13.3. The molecule has 0 amide bonds. The summed E-state index contributed by atoms with van der Waals surface area (Å²) >= 11 is 0. The molecule has 218 valence electrons. The average molecular weight is 565 g/mol. The molecule has 4 nitrogen and oxygen atoms in total. The van der Waals surface area contributed by atoms with Gasteiger partial charge in [0.1, 0.15) is 11.8 Å². The van der Waals surface area contributed by atoms with Crippen LogP contribution in [0.4, 0.5) is 18.9 Å². The number of rotatable bonds is 4. The first-order valence-electron chi connectivity index (χ1n) is 15.2. The summed E-state index contributed by atoms with van der Waals surface area (Å²) in [5.41, 5.74) is 4.28. The molecule has 3 fully saturated rings. The van der Waals surface area contributed by atoms with Crippen molar-refractivity contribution in [1.29, 1.82) is 0 Å². The molecule has 1 heterocycles. The van der Waals surface area contributed by atoms with E-state index in [0.29, 0.717) is 25.7 Å². The molecule has 0 aromatic heterocycles. The Labute approximate surface area is 240 Å². The zero-order chi connectivity index (χ0) is 29.2. The van der Waals surface area contributed by atoms with Crippen molar-refractivity contribution < 1.29 is 18.0 Å². The number of fused-ring (bicyclic) bond motifs is 4. The molecule has 3 unspecified atom stereocenters. The van der Waals surface area contributed by atoms with Crippen molar-refractivity contribution in [2.45, 2.75) is 90.3 Å². The molecule has 1 aliphatic heterocycles. The van der Waals surface area contributed by atoms with Gasteiger partial charge < -0.3 is 4.90 Å². The lowest BCUT2D eigenvalue weighted by Crippen LogP contribution is -2.50. The van der Waals surface area contributed by atoms with Gasteiger partial charge >= 0.3 is 6.18 Å². The standard InChI is InChI=1S/C34H39F3N2O2/c1-21-18-28-30-12-13-33(22(2)40,14-15-34(35,36)37)32(30,3)20-29(31(28)26-11-8-24(38-41)19-27(21)26)23-6-9-25(10-7-23)39-16-4-5-17-39/h6-7,9-10,19,21,24,28-30H,4-5,8,11-13,16-18,20H2,1-3H3/t21?,24?,28-,29?,30-,32-,33-/m0/s1. The topological polar surface area (TPSA) is 49.7 Å². The van der Waals surface area contributed by atoms with E-state index in [-0.39, 0.29) is 35.5 Å². The first kappa shape index (κ1) is 28.2. The molecule has 0 bridgehead atoms. The number of anilines is 1. The monoisotopic (exact) mass is 564 g/mol. The summed E-state index contributed by atoms with van der Waals surface area (Å²) in [5.74, 6) is 4.28. The number of alkyl halides is 3. The number of hydrogen-bond donors (Lipinski definition) is 0. The molecule has 6 rings (SSSR count). The van der Waals surface area contributed by atoms with Crippen LogP contribution in [0.1, 0.15) is 83.6 Å². The SMILES string of the molecule is CC(=O)[C@@]1(C#CC(F)(F)F)CC[C@H]2[C@@H]3CC(C)C4=CC(N=O)CCC4=C3C(c3ccc(N4CCCC4)cc3)C[C@@]21C. The number of nitrogens with zero attached hydrogens (tertiary/aromatic N) is 2. The Kier molecular flexibility index (Phi) is 6.98. The largest absolute Gasteiger partial charge is 0.457 e. The Morgan fingerprint density at radius 2 is 1.83 bits per heavy atom. The van der Waals surface area contributed by atoms with E-state index in [2.05, 4.69) is 53.3 Å². The molecule has 4 aliphatic carbocycles. The van der Waals surface area contributed by atoms with Crippen molar-refractivity contribution in [2.24, 2.45) is 33.8 Å². The highest BCUT2D eigenvalue weighted by Gasteiger charge is 2.65. The van der Waals surface area contributed by atoms with E-state index in [1.165, 1.54) is 48.1 Å². The molecule has 7 atom stereocenters.